The molecule has 17 heavy (non-hydrogen) atoms. The van der Waals surface area contributed by atoms with E-state index in [9.17, 15) is 4.79 Å². The van der Waals surface area contributed by atoms with Crippen LogP contribution in [0.25, 0.3) is 0 Å². The molecule has 0 fully saturated rings. The second-order valence-corrected chi connectivity index (χ2v) is 4.74. The Morgan fingerprint density at radius 1 is 1.24 bits per heavy atom. The molecule has 0 saturated carbocycles. The van der Waals surface area contributed by atoms with Gasteiger partial charge in [-0.3, -0.25) is 10.6 Å². The molecule has 0 saturated heterocycles. The van der Waals surface area contributed by atoms with Crippen LogP contribution >= 0.6 is 31.9 Å². The average molecular weight is 361 g/mol. The molecule has 0 unspecified atom stereocenters. The first kappa shape index (κ1) is 12.1. The fourth-order valence-electron chi connectivity index (χ4n) is 1.11. The Bertz CT molecular complexity index is 542. The number of anilines is 2. The van der Waals surface area contributed by atoms with Crippen molar-refractivity contribution in [1.29, 1.82) is 0 Å². The summed E-state index contributed by atoms with van der Waals surface area (Å²) in [5.41, 5.74) is 0. The van der Waals surface area contributed by atoms with Gasteiger partial charge in [0.05, 0.1) is 0 Å². The van der Waals surface area contributed by atoms with Crippen LogP contribution < -0.4 is 10.6 Å². The smallest absolute Gasteiger partial charge is 0.327 e. The minimum Gasteiger partial charge on any atom is -0.434 e. The monoisotopic (exact) mass is 359 g/mol. The second-order valence-electron chi connectivity index (χ2n) is 3.04. The highest BCUT2D eigenvalue weighted by molar-refractivity contribution is 9.10. The van der Waals surface area contributed by atoms with E-state index in [2.05, 4.69) is 47.5 Å². The summed E-state index contributed by atoms with van der Waals surface area (Å²) in [5, 5.41) is 5.10. The molecule has 2 amide bonds. The number of nitrogens with zero attached hydrogens (tertiary/aromatic N) is 1. The van der Waals surface area contributed by atoms with Crippen molar-refractivity contribution in [3.63, 3.8) is 0 Å². The largest absolute Gasteiger partial charge is 0.434 e. The molecule has 0 radical (unpaired) electrons. The summed E-state index contributed by atoms with van der Waals surface area (Å²) in [6.07, 6.45) is 1.59. The first-order valence-electron chi connectivity index (χ1n) is 4.58. The number of hydrogen-bond acceptors (Lipinski definition) is 3. The van der Waals surface area contributed by atoms with E-state index in [0.29, 0.717) is 16.4 Å². The van der Waals surface area contributed by atoms with Gasteiger partial charge in [0, 0.05) is 16.7 Å². The van der Waals surface area contributed by atoms with Gasteiger partial charge in [-0.25, -0.2) is 9.78 Å². The van der Waals surface area contributed by atoms with E-state index >= 15 is 0 Å². The predicted octanol–water partition coefficient (Wildman–Crippen LogP) is 3.84. The van der Waals surface area contributed by atoms with Gasteiger partial charge in [-0.15, -0.1) is 0 Å². The number of aromatic nitrogens is 1. The highest BCUT2D eigenvalue weighted by atomic mass is 79.9. The zero-order chi connectivity index (χ0) is 12.3. The van der Waals surface area contributed by atoms with Crippen LogP contribution in [0.3, 0.4) is 0 Å². The summed E-state index contributed by atoms with van der Waals surface area (Å²) in [6, 6.07) is 6.37. The SMILES string of the molecule is O=C(Nc1cc(Br)ccn1)Nc1ccc(Br)o1. The maximum absolute atomic E-state index is 11.5. The number of pyridine rings is 1. The molecule has 2 aromatic rings. The van der Waals surface area contributed by atoms with E-state index in [1.807, 2.05) is 0 Å². The van der Waals surface area contributed by atoms with Crippen LogP contribution in [0.5, 0.6) is 0 Å². The van der Waals surface area contributed by atoms with Gasteiger partial charge in [-0.2, -0.15) is 0 Å². The van der Waals surface area contributed by atoms with E-state index < -0.39 is 6.03 Å². The van der Waals surface area contributed by atoms with Gasteiger partial charge in [-0.1, -0.05) is 15.9 Å². The van der Waals surface area contributed by atoms with Crippen molar-refractivity contribution in [3.8, 4) is 0 Å². The molecule has 5 nitrogen and oxygen atoms in total. The first-order valence-corrected chi connectivity index (χ1v) is 6.17. The summed E-state index contributed by atoms with van der Waals surface area (Å²) in [6.45, 7) is 0. The topological polar surface area (TPSA) is 67.2 Å². The molecule has 2 rings (SSSR count). The lowest BCUT2D eigenvalue weighted by Crippen LogP contribution is -2.19. The lowest BCUT2D eigenvalue weighted by molar-refractivity contribution is 0.261. The quantitative estimate of drug-likeness (QED) is 0.854. The first-order chi connectivity index (χ1) is 8.13. The van der Waals surface area contributed by atoms with E-state index in [0.717, 1.165) is 4.47 Å². The number of halogens is 2. The Labute approximate surface area is 114 Å². The molecule has 0 bridgehead atoms. The summed E-state index contributed by atoms with van der Waals surface area (Å²) in [5.74, 6) is 0.798. The average Bonchev–Trinajstić information content (AvgIpc) is 2.63. The van der Waals surface area contributed by atoms with Gasteiger partial charge in [0.25, 0.3) is 0 Å². The van der Waals surface area contributed by atoms with Crippen molar-refractivity contribution in [2.75, 3.05) is 10.6 Å². The van der Waals surface area contributed by atoms with Gasteiger partial charge in [0.2, 0.25) is 5.88 Å². The van der Waals surface area contributed by atoms with Crippen LogP contribution in [0.4, 0.5) is 16.5 Å². The second kappa shape index (κ2) is 5.33. The van der Waals surface area contributed by atoms with Crippen molar-refractivity contribution in [2.45, 2.75) is 0 Å². The van der Waals surface area contributed by atoms with E-state index in [1.54, 1.807) is 30.5 Å². The molecule has 2 N–H and O–H groups in total. The number of carbonyl (C=O) groups excluding carboxylic acids is 1. The Morgan fingerprint density at radius 3 is 2.71 bits per heavy atom. The molecule has 0 aliphatic carbocycles. The zero-order valence-corrected chi connectivity index (χ0v) is 11.6. The molecule has 2 heterocycles. The van der Waals surface area contributed by atoms with E-state index in [4.69, 9.17) is 4.42 Å². The van der Waals surface area contributed by atoms with E-state index in [1.165, 1.54) is 0 Å². The Kier molecular flexibility index (Phi) is 3.80. The molecular formula is C10H7Br2N3O2. The number of amides is 2. The van der Waals surface area contributed by atoms with Crippen molar-refractivity contribution in [1.82, 2.24) is 4.98 Å². The Morgan fingerprint density at radius 2 is 2.06 bits per heavy atom. The normalized spacial score (nSPS) is 10.0. The number of urea groups is 1. The fraction of sp³-hybridized carbons (Fsp3) is 0. The minimum absolute atomic E-state index is 0.351. The third kappa shape index (κ3) is 3.57. The third-order valence-corrected chi connectivity index (χ3v) is 2.69. The van der Waals surface area contributed by atoms with Crippen LogP contribution in [0, 0.1) is 0 Å². The molecule has 2 aromatic heterocycles. The van der Waals surface area contributed by atoms with Gasteiger partial charge >= 0.3 is 6.03 Å². The van der Waals surface area contributed by atoms with Crippen molar-refractivity contribution in [3.05, 3.63) is 39.6 Å². The maximum Gasteiger partial charge on any atom is 0.327 e. The fourth-order valence-corrected chi connectivity index (χ4v) is 1.76. The van der Waals surface area contributed by atoms with Crippen LogP contribution in [0.2, 0.25) is 0 Å². The molecule has 0 atom stereocenters. The van der Waals surface area contributed by atoms with Crippen LogP contribution in [0.1, 0.15) is 0 Å². The molecule has 0 aliphatic rings. The Hall–Kier alpha value is -1.34. The van der Waals surface area contributed by atoms with Crippen LogP contribution in [-0.4, -0.2) is 11.0 Å². The van der Waals surface area contributed by atoms with Gasteiger partial charge < -0.3 is 4.42 Å². The standard InChI is InChI=1S/C10H7Br2N3O2/c11-6-3-4-13-8(5-6)14-10(16)15-9-2-1-7(12)17-9/h1-5H,(H2,13,14,15,16). The zero-order valence-electron chi connectivity index (χ0n) is 8.41. The Balaban J connectivity index is 1.98. The lowest BCUT2D eigenvalue weighted by atomic mass is 10.5. The van der Waals surface area contributed by atoms with E-state index in [-0.39, 0.29) is 0 Å². The van der Waals surface area contributed by atoms with Crippen LogP contribution in [0.15, 0.2) is 44.0 Å². The summed E-state index contributed by atoms with van der Waals surface area (Å²) in [7, 11) is 0. The summed E-state index contributed by atoms with van der Waals surface area (Å²) in [4.78, 5) is 15.5. The van der Waals surface area contributed by atoms with Crippen molar-refractivity contribution in [2.24, 2.45) is 0 Å². The predicted molar refractivity (Wildman–Crippen MR) is 71.0 cm³/mol. The van der Waals surface area contributed by atoms with Gasteiger partial charge in [0.1, 0.15) is 5.82 Å². The summed E-state index contributed by atoms with van der Waals surface area (Å²) >= 11 is 6.43. The van der Waals surface area contributed by atoms with Gasteiger partial charge in [0.15, 0.2) is 4.67 Å². The summed E-state index contributed by atoms with van der Waals surface area (Å²) < 4.78 is 6.52. The number of rotatable bonds is 2. The lowest BCUT2D eigenvalue weighted by Gasteiger charge is -2.04. The molecule has 7 heteroatoms. The highest BCUT2D eigenvalue weighted by Crippen LogP contribution is 2.18. The molecular weight excluding hydrogens is 354 g/mol. The molecule has 0 aromatic carbocycles. The highest BCUT2D eigenvalue weighted by Gasteiger charge is 2.06. The number of furan rings is 1. The third-order valence-electron chi connectivity index (χ3n) is 1.77. The van der Waals surface area contributed by atoms with Crippen molar-refractivity contribution >= 4 is 49.6 Å². The molecule has 0 aliphatic heterocycles. The molecule has 88 valence electrons. The van der Waals surface area contributed by atoms with Crippen LogP contribution in [-0.2, 0) is 0 Å². The number of nitrogens with one attached hydrogen (secondary N) is 2. The van der Waals surface area contributed by atoms with Gasteiger partial charge in [-0.05, 0) is 34.1 Å². The number of carbonyl (C=O) groups is 1. The number of hydrogen-bond donors (Lipinski definition) is 2. The minimum atomic E-state index is -0.419. The molecule has 0 spiro atoms. The van der Waals surface area contributed by atoms with Crippen molar-refractivity contribution < 1.29 is 9.21 Å². The maximum atomic E-state index is 11.5.